The fourth-order valence-electron chi connectivity index (χ4n) is 2.31. The van der Waals surface area contributed by atoms with E-state index in [1.54, 1.807) is 11.6 Å². The zero-order valence-electron chi connectivity index (χ0n) is 11.8. The first-order valence-corrected chi connectivity index (χ1v) is 6.54. The van der Waals surface area contributed by atoms with Crippen molar-refractivity contribution in [3.05, 3.63) is 64.1 Å². The summed E-state index contributed by atoms with van der Waals surface area (Å²) in [4.78, 5) is 12.4. The van der Waals surface area contributed by atoms with Crippen molar-refractivity contribution in [2.75, 3.05) is 0 Å². The standard InChI is InChI=1S/C16H16N3O/c1-11-9-10-14-15(12(11)2)17-19(16(20)18(14)3)13-7-5-4-6-8-13/h4-10H,1-3H3/q+1. The maximum atomic E-state index is 12.4. The second-order valence-electron chi connectivity index (χ2n) is 4.96. The number of benzene rings is 2. The van der Waals surface area contributed by atoms with Crippen LogP contribution in [0.1, 0.15) is 11.1 Å². The highest BCUT2D eigenvalue weighted by atomic mass is 16.2. The third-order valence-corrected chi connectivity index (χ3v) is 3.71. The van der Waals surface area contributed by atoms with Crippen molar-refractivity contribution in [3.8, 4) is 5.69 Å². The number of fused-ring (bicyclic) bond motifs is 1. The Morgan fingerprint density at radius 1 is 1.05 bits per heavy atom. The summed E-state index contributed by atoms with van der Waals surface area (Å²) in [5, 5.41) is 4.55. The molecule has 0 spiro atoms. The molecule has 100 valence electrons. The van der Waals surface area contributed by atoms with Crippen LogP contribution in [-0.4, -0.2) is 9.78 Å². The van der Waals surface area contributed by atoms with Crippen LogP contribution in [-0.2, 0) is 7.05 Å². The van der Waals surface area contributed by atoms with Crippen LogP contribution in [0.2, 0.25) is 0 Å². The van der Waals surface area contributed by atoms with Crippen LogP contribution in [0.5, 0.6) is 0 Å². The molecule has 20 heavy (non-hydrogen) atoms. The number of hydrogen-bond donors (Lipinski definition) is 0. The summed E-state index contributed by atoms with van der Waals surface area (Å²) in [7, 11) is 1.78. The Balaban J connectivity index is 2.44. The van der Waals surface area contributed by atoms with Crippen molar-refractivity contribution >= 4 is 11.0 Å². The molecule has 0 bridgehead atoms. The molecule has 4 nitrogen and oxygen atoms in total. The van der Waals surface area contributed by atoms with E-state index >= 15 is 0 Å². The minimum Gasteiger partial charge on any atom is -0.194 e. The van der Waals surface area contributed by atoms with E-state index in [0.717, 1.165) is 22.3 Å². The highest BCUT2D eigenvalue weighted by Gasteiger charge is 2.18. The van der Waals surface area contributed by atoms with Gasteiger partial charge in [0.05, 0.1) is 7.05 Å². The van der Waals surface area contributed by atoms with Gasteiger partial charge in [0.15, 0.2) is 16.7 Å². The number of hydrogen-bond acceptors (Lipinski definition) is 2. The van der Waals surface area contributed by atoms with Gasteiger partial charge in [0.2, 0.25) is 0 Å². The Labute approximate surface area is 116 Å². The van der Waals surface area contributed by atoms with Crippen LogP contribution in [0, 0.1) is 13.8 Å². The summed E-state index contributed by atoms with van der Waals surface area (Å²) in [5.74, 6) is 0. The lowest BCUT2D eigenvalue weighted by Gasteiger charge is -2.06. The summed E-state index contributed by atoms with van der Waals surface area (Å²) < 4.78 is 3.09. The maximum Gasteiger partial charge on any atom is 0.524 e. The van der Waals surface area contributed by atoms with Crippen LogP contribution in [0.3, 0.4) is 0 Å². The van der Waals surface area contributed by atoms with Crippen molar-refractivity contribution in [2.45, 2.75) is 13.8 Å². The fourth-order valence-corrected chi connectivity index (χ4v) is 2.31. The van der Waals surface area contributed by atoms with Gasteiger partial charge in [0.1, 0.15) is 0 Å². The van der Waals surface area contributed by atoms with Gasteiger partial charge in [-0.05, 0) is 43.2 Å². The molecule has 0 fully saturated rings. The summed E-state index contributed by atoms with van der Waals surface area (Å²) in [5.41, 5.74) is 4.61. The van der Waals surface area contributed by atoms with Crippen molar-refractivity contribution in [2.24, 2.45) is 7.05 Å². The average molecular weight is 266 g/mol. The molecule has 0 radical (unpaired) electrons. The predicted molar refractivity (Wildman–Crippen MR) is 78.0 cm³/mol. The zero-order chi connectivity index (χ0) is 14.3. The molecule has 4 heteroatoms. The Hall–Kier alpha value is -2.49. The van der Waals surface area contributed by atoms with E-state index in [-0.39, 0.29) is 5.69 Å². The molecule has 0 atom stereocenters. The van der Waals surface area contributed by atoms with Gasteiger partial charge in [-0.1, -0.05) is 34.0 Å². The summed E-state index contributed by atoms with van der Waals surface area (Å²) in [6.45, 7) is 4.08. The maximum absolute atomic E-state index is 12.4. The normalized spacial score (nSPS) is 10.9. The van der Waals surface area contributed by atoms with E-state index < -0.39 is 0 Å². The third kappa shape index (κ3) is 1.81. The second kappa shape index (κ2) is 4.56. The summed E-state index contributed by atoms with van der Waals surface area (Å²) >= 11 is 0. The highest BCUT2D eigenvalue weighted by Crippen LogP contribution is 2.16. The van der Waals surface area contributed by atoms with Gasteiger partial charge in [0.25, 0.3) is 0 Å². The first-order chi connectivity index (χ1) is 9.59. The number of rotatable bonds is 1. The smallest absolute Gasteiger partial charge is 0.194 e. The average Bonchev–Trinajstić information content (AvgIpc) is 2.47. The molecule has 2 aromatic carbocycles. The fraction of sp³-hybridized carbons (Fsp3) is 0.188. The van der Waals surface area contributed by atoms with Gasteiger partial charge in [-0.15, -0.1) is 0 Å². The molecule has 3 aromatic rings. The summed E-state index contributed by atoms with van der Waals surface area (Å²) in [6.07, 6.45) is 0. The molecule has 0 saturated carbocycles. The highest BCUT2D eigenvalue weighted by molar-refractivity contribution is 5.75. The van der Waals surface area contributed by atoms with Crippen LogP contribution in [0.4, 0.5) is 0 Å². The van der Waals surface area contributed by atoms with Crippen LogP contribution >= 0.6 is 0 Å². The Morgan fingerprint density at radius 2 is 1.75 bits per heavy atom. The minimum atomic E-state index is -0.146. The Morgan fingerprint density at radius 3 is 2.45 bits per heavy atom. The predicted octanol–water partition coefficient (Wildman–Crippen LogP) is 1.83. The van der Waals surface area contributed by atoms with Crippen molar-refractivity contribution in [1.82, 2.24) is 9.78 Å². The van der Waals surface area contributed by atoms with Gasteiger partial charge in [0, 0.05) is 0 Å². The zero-order valence-corrected chi connectivity index (χ0v) is 11.8. The van der Waals surface area contributed by atoms with Gasteiger partial charge in [-0.25, -0.2) is 0 Å². The van der Waals surface area contributed by atoms with Crippen molar-refractivity contribution in [1.29, 1.82) is 0 Å². The van der Waals surface area contributed by atoms with Gasteiger partial charge in [-0.3, -0.25) is 0 Å². The third-order valence-electron chi connectivity index (χ3n) is 3.71. The lowest BCUT2D eigenvalue weighted by Crippen LogP contribution is -2.52. The molecule has 1 aromatic heterocycles. The molecule has 0 aliphatic heterocycles. The molecular weight excluding hydrogens is 250 g/mol. The number of aryl methyl sites for hydroxylation is 3. The van der Waals surface area contributed by atoms with E-state index in [2.05, 4.69) is 12.0 Å². The quantitative estimate of drug-likeness (QED) is 0.630. The lowest BCUT2D eigenvalue weighted by atomic mass is 10.1. The monoisotopic (exact) mass is 266 g/mol. The first-order valence-electron chi connectivity index (χ1n) is 6.54. The van der Waals surface area contributed by atoms with Crippen LogP contribution in [0.25, 0.3) is 16.7 Å². The van der Waals surface area contributed by atoms with Crippen molar-refractivity contribution < 1.29 is 4.57 Å². The summed E-state index contributed by atoms with van der Waals surface area (Å²) in [6, 6.07) is 13.4. The first kappa shape index (κ1) is 12.5. The SMILES string of the molecule is Cc1ccc2c(nn(-c3ccccc3)c(=O)[n+]2C)c1C. The molecule has 0 aliphatic rings. The van der Waals surface area contributed by atoms with Gasteiger partial charge in [-0.2, -0.15) is 9.36 Å². The van der Waals surface area contributed by atoms with E-state index in [1.165, 1.54) is 10.2 Å². The molecule has 1 heterocycles. The lowest BCUT2D eigenvalue weighted by molar-refractivity contribution is -0.665. The Kier molecular flexibility index (Phi) is 2.86. The van der Waals surface area contributed by atoms with Gasteiger partial charge < -0.3 is 0 Å². The molecule has 0 saturated heterocycles. The van der Waals surface area contributed by atoms with Gasteiger partial charge >= 0.3 is 5.69 Å². The molecule has 3 rings (SSSR count). The number of aromatic nitrogens is 3. The Bertz CT molecular complexity index is 851. The molecule has 0 N–H and O–H groups in total. The van der Waals surface area contributed by atoms with E-state index in [9.17, 15) is 4.79 Å². The molecular formula is C16H16N3O+. The minimum absolute atomic E-state index is 0.146. The number of para-hydroxylation sites is 1. The molecule has 0 aliphatic carbocycles. The van der Waals surface area contributed by atoms with E-state index in [0.29, 0.717) is 0 Å². The second-order valence-corrected chi connectivity index (χ2v) is 4.96. The van der Waals surface area contributed by atoms with Crippen LogP contribution in [0.15, 0.2) is 47.3 Å². The number of nitrogens with zero attached hydrogens (tertiary/aromatic N) is 3. The van der Waals surface area contributed by atoms with E-state index in [1.807, 2.05) is 49.4 Å². The molecule has 0 amide bonds. The largest absolute Gasteiger partial charge is 0.524 e. The van der Waals surface area contributed by atoms with Crippen LogP contribution < -0.4 is 10.3 Å². The van der Waals surface area contributed by atoms with Crippen molar-refractivity contribution in [3.63, 3.8) is 0 Å². The molecule has 0 unspecified atom stereocenters. The topological polar surface area (TPSA) is 38.8 Å². The van der Waals surface area contributed by atoms with E-state index in [4.69, 9.17) is 0 Å².